The van der Waals surface area contributed by atoms with Crippen molar-refractivity contribution in [1.29, 1.82) is 0 Å². The van der Waals surface area contributed by atoms with Gasteiger partial charge >= 0.3 is 0 Å². The van der Waals surface area contributed by atoms with Crippen LogP contribution in [0.1, 0.15) is 30.4 Å². The molecular formula is C9H14N6O2. The average Bonchev–Trinajstić information content (AvgIpc) is 2.90. The van der Waals surface area contributed by atoms with E-state index >= 15 is 0 Å². The normalized spacial score (nSPS) is 17.2. The van der Waals surface area contributed by atoms with Crippen molar-refractivity contribution in [2.24, 2.45) is 0 Å². The molecule has 1 aromatic rings. The van der Waals surface area contributed by atoms with E-state index in [9.17, 15) is 9.59 Å². The second kappa shape index (κ2) is 4.89. The summed E-state index contributed by atoms with van der Waals surface area (Å²) in [5.74, 6) is -0.242. The number of carbonyl (C=O) groups excluding carboxylic acids is 2. The molecule has 1 aliphatic heterocycles. The first-order valence-electron chi connectivity index (χ1n) is 5.49. The quantitative estimate of drug-likeness (QED) is 0.695. The Hall–Kier alpha value is -1.99. The van der Waals surface area contributed by atoms with Crippen molar-refractivity contribution >= 4 is 11.8 Å². The molecule has 0 aromatic carbocycles. The molecule has 1 unspecified atom stereocenters. The zero-order valence-corrected chi connectivity index (χ0v) is 9.51. The number of H-pyrrole nitrogens is 1. The van der Waals surface area contributed by atoms with Crippen LogP contribution in [0.3, 0.4) is 0 Å². The molecule has 8 heteroatoms. The molecular weight excluding hydrogens is 224 g/mol. The fourth-order valence-corrected chi connectivity index (χ4v) is 1.82. The standard InChI is InChI=1S/C9H14N6O2/c1-6(5-15-4-2-3-7(15)16)10-9(17)8-11-13-14-12-8/h6H,2-5H2,1H3,(H,10,17)(H,11,12,13,14). The summed E-state index contributed by atoms with van der Waals surface area (Å²) in [6.07, 6.45) is 1.50. The maximum atomic E-state index is 11.6. The fourth-order valence-electron chi connectivity index (χ4n) is 1.82. The Morgan fingerprint density at radius 3 is 3.06 bits per heavy atom. The highest BCUT2D eigenvalue weighted by Gasteiger charge is 2.23. The van der Waals surface area contributed by atoms with Crippen molar-refractivity contribution in [2.75, 3.05) is 13.1 Å². The van der Waals surface area contributed by atoms with Crippen LogP contribution in [-0.4, -0.2) is 56.5 Å². The van der Waals surface area contributed by atoms with Gasteiger partial charge in [0.25, 0.3) is 11.7 Å². The fraction of sp³-hybridized carbons (Fsp3) is 0.667. The highest BCUT2D eigenvalue weighted by molar-refractivity contribution is 5.90. The number of amides is 2. The second-order valence-corrected chi connectivity index (χ2v) is 4.05. The lowest BCUT2D eigenvalue weighted by Crippen LogP contribution is -2.42. The largest absolute Gasteiger partial charge is 0.345 e. The number of nitrogens with zero attached hydrogens (tertiary/aromatic N) is 4. The Balaban J connectivity index is 1.83. The lowest BCUT2D eigenvalue weighted by Gasteiger charge is -2.20. The van der Waals surface area contributed by atoms with E-state index in [1.807, 2.05) is 6.92 Å². The molecule has 2 rings (SSSR count). The first-order valence-corrected chi connectivity index (χ1v) is 5.49. The number of hydrogen-bond donors (Lipinski definition) is 2. The molecule has 1 fully saturated rings. The Kier molecular flexibility index (Phi) is 3.31. The zero-order valence-electron chi connectivity index (χ0n) is 9.51. The van der Waals surface area contributed by atoms with Gasteiger partial charge in [-0.05, 0) is 18.6 Å². The van der Waals surface area contributed by atoms with E-state index in [2.05, 4.69) is 25.9 Å². The van der Waals surface area contributed by atoms with Crippen molar-refractivity contribution < 1.29 is 9.59 Å². The number of hydrogen-bond acceptors (Lipinski definition) is 5. The minimum Gasteiger partial charge on any atom is -0.345 e. The van der Waals surface area contributed by atoms with E-state index in [-0.39, 0.29) is 17.8 Å². The van der Waals surface area contributed by atoms with Crippen LogP contribution in [0.15, 0.2) is 0 Å². The molecule has 92 valence electrons. The molecule has 8 nitrogen and oxygen atoms in total. The van der Waals surface area contributed by atoms with Gasteiger partial charge in [-0.3, -0.25) is 9.59 Å². The Labute approximate surface area is 97.8 Å². The summed E-state index contributed by atoms with van der Waals surface area (Å²) in [5, 5.41) is 15.4. The van der Waals surface area contributed by atoms with Gasteiger partial charge in [0, 0.05) is 25.6 Å². The molecule has 2 N–H and O–H groups in total. The minimum absolute atomic E-state index is 0.00426. The molecule has 0 saturated carbocycles. The van der Waals surface area contributed by atoms with Crippen molar-refractivity contribution in [2.45, 2.75) is 25.8 Å². The number of aromatic nitrogens is 4. The van der Waals surface area contributed by atoms with Gasteiger partial charge in [-0.2, -0.15) is 5.21 Å². The van der Waals surface area contributed by atoms with Crippen LogP contribution in [0.25, 0.3) is 0 Å². The minimum atomic E-state index is -0.391. The highest BCUT2D eigenvalue weighted by atomic mass is 16.2. The van der Waals surface area contributed by atoms with Crippen LogP contribution in [0.2, 0.25) is 0 Å². The molecule has 1 saturated heterocycles. The zero-order chi connectivity index (χ0) is 12.3. The maximum Gasteiger partial charge on any atom is 0.293 e. The first kappa shape index (κ1) is 11.5. The topological polar surface area (TPSA) is 104 Å². The monoisotopic (exact) mass is 238 g/mol. The Morgan fingerprint density at radius 1 is 1.65 bits per heavy atom. The smallest absolute Gasteiger partial charge is 0.293 e. The molecule has 2 heterocycles. The van der Waals surface area contributed by atoms with Gasteiger partial charge in [-0.25, -0.2) is 0 Å². The van der Waals surface area contributed by atoms with Gasteiger partial charge < -0.3 is 10.2 Å². The van der Waals surface area contributed by atoms with Crippen molar-refractivity contribution in [1.82, 2.24) is 30.8 Å². The third-order valence-electron chi connectivity index (χ3n) is 2.59. The third kappa shape index (κ3) is 2.77. The predicted octanol–water partition coefficient (Wildman–Crippen LogP) is -1.06. The highest BCUT2D eigenvalue weighted by Crippen LogP contribution is 2.09. The Bertz CT molecular complexity index is 404. The van der Waals surface area contributed by atoms with Gasteiger partial charge in [-0.1, -0.05) is 0 Å². The SMILES string of the molecule is CC(CN1CCCC1=O)NC(=O)c1nn[nH]n1. The number of carbonyl (C=O) groups is 2. The summed E-state index contributed by atoms with van der Waals surface area (Å²) in [4.78, 5) is 24.7. The van der Waals surface area contributed by atoms with Gasteiger partial charge in [0.2, 0.25) is 5.91 Å². The number of rotatable bonds is 4. The predicted molar refractivity (Wildman–Crippen MR) is 56.9 cm³/mol. The van der Waals surface area contributed by atoms with E-state index in [1.54, 1.807) is 4.90 Å². The van der Waals surface area contributed by atoms with Crippen LogP contribution in [0, 0.1) is 0 Å². The Morgan fingerprint density at radius 2 is 2.47 bits per heavy atom. The summed E-state index contributed by atoms with van der Waals surface area (Å²) in [7, 11) is 0. The second-order valence-electron chi connectivity index (χ2n) is 4.05. The van der Waals surface area contributed by atoms with Crippen molar-refractivity contribution in [3.63, 3.8) is 0 Å². The summed E-state index contributed by atoms with van der Waals surface area (Å²) in [6.45, 7) is 3.12. The van der Waals surface area contributed by atoms with Crippen LogP contribution in [0.4, 0.5) is 0 Å². The van der Waals surface area contributed by atoms with Crippen LogP contribution < -0.4 is 5.32 Å². The van der Waals surface area contributed by atoms with Gasteiger partial charge in [0.1, 0.15) is 0 Å². The summed E-state index contributed by atoms with van der Waals surface area (Å²) in [5.41, 5.74) is 0. The molecule has 2 amide bonds. The number of nitrogens with one attached hydrogen (secondary N) is 2. The first-order chi connectivity index (χ1) is 8.16. The molecule has 0 aliphatic carbocycles. The van der Waals surface area contributed by atoms with E-state index in [0.717, 1.165) is 13.0 Å². The van der Waals surface area contributed by atoms with E-state index < -0.39 is 5.91 Å². The molecule has 1 atom stereocenters. The van der Waals surface area contributed by atoms with Crippen LogP contribution in [-0.2, 0) is 4.79 Å². The van der Waals surface area contributed by atoms with E-state index in [0.29, 0.717) is 13.0 Å². The van der Waals surface area contributed by atoms with Crippen LogP contribution in [0.5, 0.6) is 0 Å². The third-order valence-corrected chi connectivity index (χ3v) is 2.59. The number of tetrazole rings is 1. The van der Waals surface area contributed by atoms with Gasteiger partial charge in [0.15, 0.2) is 0 Å². The molecule has 0 spiro atoms. The molecule has 17 heavy (non-hydrogen) atoms. The summed E-state index contributed by atoms with van der Waals surface area (Å²) >= 11 is 0. The lowest BCUT2D eigenvalue weighted by atomic mass is 10.3. The van der Waals surface area contributed by atoms with Crippen LogP contribution >= 0.6 is 0 Å². The average molecular weight is 238 g/mol. The van der Waals surface area contributed by atoms with Gasteiger partial charge in [-0.15, -0.1) is 10.2 Å². The summed E-state index contributed by atoms with van der Waals surface area (Å²) < 4.78 is 0. The summed E-state index contributed by atoms with van der Waals surface area (Å²) in [6, 6.07) is -0.136. The number of likely N-dealkylation sites (tertiary alicyclic amines) is 1. The van der Waals surface area contributed by atoms with E-state index in [1.165, 1.54) is 0 Å². The molecule has 0 bridgehead atoms. The van der Waals surface area contributed by atoms with E-state index in [4.69, 9.17) is 0 Å². The lowest BCUT2D eigenvalue weighted by molar-refractivity contribution is -0.127. The molecule has 1 aliphatic rings. The number of aromatic amines is 1. The van der Waals surface area contributed by atoms with Crippen molar-refractivity contribution in [3.8, 4) is 0 Å². The maximum absolute atomic E-state index is 11.6. The van der Waals surface area contributed by atoms with Gasteiger partial charge in [0.05, 0.1) is 0 Å². The molecule has 1 aromatic heterocycles. The van der Waals surface area contributed by atoms with Crippen molar-refractivity contribution in [3.05, 3.63) is 5.82 Å². The molecule has 0 radical (unpaired) electrons.